The third-order valence-corrected chi connectivity index (χ3v) is 8.86. The van der Waals surface area contributed by atoms with Gasteiger partial charge in [-0.25, -0.2) is 4.79 Å². The molecular weight excluding hydrogens is 608 g/mol. The van der Waals surface area contributed by atoms with Crippen LogP contribution in [0, 0.1) is 0 Å². The molecule has 248 valence electrons. The number of hydrogen-bond acceptors (Lipinski definition) is 9. The van der Waals surface area contributed by atoms with Crippen LogP contribution in [0.4, 0.5) is 21.9 Å². The average Bonchev–Trinajstić information content (AvgIpc) is 3.81. The molecule has 12 nitrogen and oxygen atoms in total. The molecule has 12 heteroatoms. The Bertz CT molecular complexity index is 1810. The number of urea groups is 1. The van der Waals surface area contributed by atoms with Crippen molar-refractivity contribution in [1.29, 1.82) is 0 Å². The second kappa shape index (κ2) is 13.9. The summed E-state index contributed by atoms with van der Waals surface area (Å²) in [4.78, 5) is 24.8. The number of carbonyl (C=O) groups excluding carboxylic acids is 1. The Hall–Kier alpha value is -5.20. The number of ether oxygens (including phenoxy) is 3. The fourth-order valence-corrected chi connectivity index (χ4v) is 6.30. The number of anilines is 3. The van der Waals surface area contributed by atoms with E-state index in [0.29, 0.717) is 25.5 Å². The lowest BCUT2D eigenvalue weighted by Crippen LogP contribution is -2.46. The lowest BCUT2D eigenvalue weighted by Gasteiger charge is -2.37. The van der Waals surface area contributed by atoms with Crippen LogP contribution in [-0.4, -0.2) is 85.1 Å². The van der Waals surface area contributed by atoms with Gasteiger partial charge in [-0.05, 0) is 66.9 Å². The van der Waals surface area contributed by atoms with Crippen molar-refractivity contribution in [3.63, 3.8) is 0 Å². The van der Waals surface area contributed by atoms with Crippen molar-refractivity contribution in [1.82, 2.24) is 25.3 Å². The Morgan fingerprint density at radius 3 is 2.27 bits per heavy atom. The van der Waals surface area contributed by atoms with E-state index in [0.717, 1.165) is 59.8 Å². The van der Waals surface area contributed by atoms with Crippen molar-refractivity contribution in [2.24, 2.45) is 0 Å². The van der Waals surface area contributed by atoms with Crippen LogP contribution >= 0.6 is 0 Å². The Morgan fingerprint density at radius 1 is 0.917 bits per heavy atom. The maximum Gasteiger partial charge on any atom is 0.321 e. The first kappa shape index (κ1) is 31.4. The molecule has 7 rings (SSSR count). The highest BCUT2D eigenvalue weighted by atomic mass is 16.8. The van der Waals surface area contributed by atoms with Crippen LogP contribution < -0.4 is 24.8 Å². The maximum atomic E-state index is 12.1. The van der Waals surface area contributed by atoms with E-state index >= 15 is 0 Å². The molecule has 2 atom stereocenters. The largest absolute Gasteiger partial charge is 0.491 e. The van der Waals surface area contributed by atoms with Crippen LogP contribution in [0.5, 0.6) is 5.75 Å². The molecule has 48 heavy (non-hydrogen) atoms. The first-order valence-electron chi connectivity index (χ1n) is 16.4. The first-order valence-corrected chi connectivity index (χ1v) is 16.4. The zero-order valence-electron chi connectivity index (χ0n) is 27.2. The molecule has 5 aromatic rings. The number of pyridine rings is 1. The third-order valence-electron chi connectivity index (χ3n) is 8.86. The monoisotopic (exact) mass is 648 g/mol. The van der Waals surface area contributed by atoms with Gasteiger partial charge in [-0.2, -0.15) is 15.0 Å². The summed E-state index contributed by atoms with van der Waals surface area (Å²) in [6.45, 7) is 7.08. The molecule has 2 aliphatic heterocycles. The zero-order valence-corrected chi connectivity index (χ0v) is 27.2. The minimum absolute atomic E-state index is 0.105. The summed E-state index contributed by atoms with van der Waals surface area (Å²) in [6.07, 6.45) is 4.75. The molecule has 2 unspecified atom stereocenters. The Morgan fingerprint density at radius 2 is 1.58 bits per heavy atom. The normalized spacial score (nSPS) is 19.4. The number of rotatable bonds is 10. The van der Waals surface area contributed by atoms with Crippen LogP contribution in [0.2, 0.25) is 0 Å². The number of aromatic nitrogens is 4. The molecular formula is C36H40N8O4. The predicted molar refractivity (Wildman–Crippen MR) is 185 cm³/mol. The van der Waals surface area contributed by atoms with Gasteiger partial charge in [0.05, 0.1) is 19.0 Å². The van der Waals surface area contributed by atoms with Crippen molar-refractivity contribution >= 4 is 33.9 Å². The first-order chi connectivity index (χ1) is 23.5. The average molecular weight is 649 g/mol. The number of carbonyl (C=O) groups is 1. The Kier molecular flexibility index (Phi) is 9.08. The van der Waals surface area contributed by atoms with E-state index < -0.39 is 5.79 Å². The Balaban J connectivity index is 0.943. The molecule has 0 aliphatic carbocycles. The third kappa shape index (κ3) is 6.62. The molecule has 0 spiro atoms. The molecule has 0 saturated carbocycles. The molecule has 0 bridgehead atoms. The fraction of sp³-hybridized carbons (Fsp3) is 0.333. The summed E-state index contributed by atoms with van der Waals surface area (Å²) in [6, 6.07) is 26.3. The molecule has 0 radical (unpaired) electrons. The number of hydrogen-bond donors (Lipinski definition) is 1. The topological polar surface area (TPSA) is 110 Å². The maximum absolute atomic E-state index is 12.1. The van der Waals surface area contributed by atoms with Crippen LogP contribution in [0.1, 0.15) is 12.6 Å². The lowest BCUT2D eigenvalue weighted by atomic mass is 10.0. The van der Waals surface area contributed by atoms with Crippen LogP contribution in [0.3, 0.4) is 0 Å². The quantitative estimate of drug-likeness (QED) is 0.231. The zero-order chi connectivity index (χ0) is 32.9. The van der Waals surface area contributed by atoms with E-state index in [1.54, 1.807) is 35.3 Å². The van der Waals surface area contributed by atoms with Gasteiger partial charge in [0, 0.05) is 68.4 Å². The second-order valence-electron chi connectivity index (χ2n) is 11.9. The minimum atomic E-state index is -1.15. The molecule has 2 amide bonds. The highest BCUT2D eigenvalue weighted by Gasteiger charge is 2.47. The summed E-state index contributed by atoms with van der Waals surface area (Å²) < 4.78 is 19.2. The van der Waals surface area contributed by atoms with Crippen molar-refractivity contribution in [3.05, 3.63) is 103 Å². The molecule has 4 heterocycles. The van der Waals surface area contributed by atoms with Crippen LogP contribution in [0.15, 0.2) is 97.5 Å². The van der Waals surface area contributed by atoms with Gasteiger partial charge < -0.3 is 29.3 Å². The van der Waals surface area contributed by atoms with Gasteiger partial charge in [0.1, 0.15) is 30.7 Å². The number of nitrogens with zero attached hydrogens (tertiary/aromatic N) is 7. The Labute approximate surface area is 279 Å². The molecule has 3 aromatic carbocycles. The molecule has 2 aliphatic rings. The number of amides is 2. The molecule has 2 saturated heterocycles. The highest BCUT2D eigenvalue weighted by Crippen LogP contribution is 2.38. The molecule has 1 N–H and O–H groups in total. The number of piperazine rings is 1. The van der Waals surface area contributed by atoms with E-state index in [9.17, 15) is 4.79 Å². The lowest BCUT2D eigenvalue weighted by molar-refractivity contribution is -0.194. The van der Waals surface area contributed by atoms with Gasteiger partial charge in [-0.1, -0.05) is 24.3 Å². The van der Waals surface area contributed by atoms with Gasteiger partial charge in [0.15, 0.2) is 0 Å². The van der Waals surface area contributed by atoms with Gasteiger partial charge in [-0.3, -0.25) is 9.88 Å². The number of fused-ring (bicyclic) bond motifs is 1. The molecule has 2 fully saturated rings. The van der Waals surface area contributed by atoms with Crippen molar-refractivity contribution < 1.29 is 19.0 Å². The summed E-state index contributed by atoms with van der Waals surface area (Å²) >= 11 is 0. The molecule has 2 aromatic heterocycles. The smallest absolute Gasteiger partial charge is 0.321 e. The van der Waals surface area contributed by atoms with E-state index in [4.69, 9.17) is 19.2 Å². The summed E-state index contributed by atoms with van der Waals surface area (Å²) in [5, 5.41) is 13.5. The van der Waals surface area contributed by atoms with Gasteiger partial charge in [-0.15, -0.1) is 0 Å². The number of nitrogens with one attached hydrogen (secondary N) is 1. The van der Waals surface area contributed by atoms with E-state index in [2.05, 4.69) is 55.6 Å². The summed E-state index contributed by atoms with van der Waals surface area (Å²) in [5.74, 6) is -0.378. The van der Waals surface area contributed by atoms with Crippen molar-refractivity contribution in [3.8, 4) is 5.75 Å². The minimum Gasteiger partial charge on any atom is -0.491 e. The van der Waals surface area contributed by atoms with Gasteiger partial charge in [0.25, 0.3) is 0 Å². The van der Waals surface area contributed by atoms with E-state index in [1.165, 1.54) is 0 Å². The standard InChI is InChI=1S/C36H40N8O4/c1-3-37-35(45)41(2)28-8-10-29(11-9-28)42-20-22-43(23-21-42)30-12-14-31(15-13-30)46-24-32-25-47-36(48-32,26-44-39-18-19-40-44)34-33-7-5-4-6-27(33)16-17-38-34/h4-19,32H,3,20-26H2,1-2H3,(H,37,45). The SMILES string of the molecule is CCNC(=O)N(C)c1ccc(N2CCN(c3ccc(OCC4COC(Cn5nccn5)(c5nccc6ccccc56)O4)cc3)CC2)cc1. The van der Waals surface area contributed by atoms with E-state index in [1.807, 2.05) is 55.5 Å². The second-order valence-corrected chi connectivity index (χ2v) is 11.9. The summed E-state index contributed by atoms with van der Waals surface area (Å²) in [7, 11) is 1.78. The van der Waals surface area contributed by atoms with Crippen molar-refractivity contribution in [2.75, 3.05) is 67.7 Å². The van der Waals surface area contributed by atoms with Crippen LogP contribution in [0.25, 0.3) is 10.8 Å². The fourth-order valence-electron chi connectivity index (χ4n) is 6.30. The summed E-state index contributed by atoms with van der Waals surface area (Å²) in [5.41, 5.74) is 3.89. The van der Waals surface area contributed by atoms with Crippen molar-refractivity contribution in [2.45, 2.75) is 25.4 Å². The van der Waals surface area contributed by atoms with Gasteiger partial charge >= 0.3 is 6.03 Å². The highest BCUT2D eigenvalue weighted by molar-refractivity contribution is 5.91. The van der Waals surface area contributed by atoms with Gasteiger partial charge in [0.2, 0.25) is 5.79 Å². The van der Waals surface area contributed by atoms with E-state index in [-0.39, 0.29) is 18.7 Å². The van der Waals surface area contributed by atoms with Crippen LogP contribution in [-0.2, 0) is 21.8 Å². The number of benzene rings is 3. The predicted octanol–water partition coefficient (Wildman–Crippen LogP) is 4.67.